The molecule has 1 atom stereocenters. The van der Waals surface area contributed by atoms with Crippen LogP contribution in [0.25, 0.3) is 0 Å². The Bertz CT molecular complexity index is 201. The molecule has 0 amide bonds. The van der Waals surface area contributed by atoms with Crippen molar-refractivity contribution in [1.82, 2.24) is 0 Å². The highest BCUT2D eigenvalue weighted by molar-refractivity contribution is 7.86. The van der Waals surface area contributed by atoms with Crippen molar-refractivity contribution >= 4 is 10.1 Å². The van der Waals surface area contributed by atoms with Crippen LogP contribution in [0.3, 0.4) is 0 Å². The average molecular weight is 167 g/mol. The van der Waals surface area contributed by atoms with Gasteiger partial charge in [0.25, 0.3) is 10.1 Å². The Morgan fingerprint density at radius 2 is 1.70 bits per heavy atom. The van der Waals surface area contributed by atoms with E-state index in [-0.39, 0.29) is 0 Å². The Morgan fingerprint density at radius 1 is 1.40 bits per heavy atom. The first kappa shape index (κ1) is 9.87. The van der Waals surface area contributed by atoms with Gasteiger partial charge in [-0.25, -0.2) is 0 Å². The molecule has 0 aromatic heterocycles. The second-order valence-electron chi connectivity index (χ2n) is 3.30. The van der Waals surface area contributed by atoms with Gasteiger partial charge in [-0.15, -0.1) is 0 Å². The van der Waals surface area contributed by atoms with Crippen LogP contribution in [0.2, 0.25) is 0 Å². The zero-order valence-electron chi connectivity index (χ0n) is 6.33. The lowest BCUT2D eigenvalue weighted by Gasteiger charge is -2.23. The molecule has 0 saturated heterocycles. The average Bonchev–Trinajstić information content (AvgIpc) is 1.59. The van der Waals surface area contributed by atoms with Gasteiger partial charge in [-0.3, -0.25) is 4.55 Å². The molecule has 0 bridgehead atoms. The minimum atomic E-state index is -4.08. The van der Waals surface area contributed by atoms with E-state index in [0.717, 1.165) is 0 Å². The molecule has 0 aromatic rings. The Hall–Kier alpha value is -0.130. The lowest BCUT2D eigenvalue weighted by atomic mass is 9.97. The quantitative estimate of drug-likeness (QED) is 0.547. The molecule has 0 fully saturated rings. The third-order valence-corrected chi connectivity index (χ3v) is 2.52. The van der Waals surface area contributed by atoms with Gasteiger partial charge >= 0.3 is 0 Å². The maximum atomic E-state index is 10.4. The Balaban J connectivity index is 4.56. The number of hydrogen-bond acceptors (Lipinski definition) is 3. The number of hydrogen-bond donors (Lipinski definition) is 2. The standard InChI is InChI=1S/C5H13NO3S/c1-5(2,3)4(6)10(7,8)9/h4H,6H2,1-3H3,(H,7,8,9). The van der Waals surface area contributed by atoms with Gasteiger partial charge in [0.1, 0.15) is 5.37 Å². The van der Waals surface area contributed by atoms with E-state index in [1.54, 1.807) is 20.8 Å². The smallest absolute Gasteiger partial charge is 0.281 e. The number of rotatable bonds is 1. The SMILES string of the molecule is CC(C)(C)C(N)S(=O)(=O)O. The molecule has 62 valence electrons. The molecule has 1 unspecified atom stereocenters. The first-order chi connectivity index (χ1) is 4.15. The van der Waals surface area contributed by atoms with Crippen LogP contribution in [0, 0.1) is 5.41 Å². The largest absolute Gasteiger partial charge is 0.313 e. The molecule has 0 aromatic carbocycles. The molecule has 4 nitrogen and oxygen atoms in total. The summed E-state index contributed by atoms with van der Waals surface area (Å²) in [5.41, 5.74) is 4.57. The van der Waals surface area contributed by atoms with E-state index in [2.05, 4.69) is 0 Å². The second kappa shape index (κ2) is 2.48. The fourth-order valence-electron chi connectivity index (χ4n) is 0.447. The van der Waals surface area contributed by atoms with Crippen molar-refractivity contribution in [3.8, 4) is 0 Å². The van der Waals surface area contributed by atoms with E-state index >= 15 is 0 Å². The van der Waals surface area contributed by atoms with Gasteiger partial charge in [0, 0.05) is 0 Å². The van der Waals surface area contributed by atoms with Gasteiger partial charge in [-0.1, -0.05) is 20.8 Å². The topological polar surface area (TPSA) is 80.4 Å². The summed E-state index contributed by atoms with van der Waals surface area (Å²) in [6.45, 7) is 4.93. The summed E-state index contributed by atoms with van der Waals surface area (Å²) in [6, 6.07) is 0. The van der Waals surface area contributed by atoms with Crippen LogP contribution in [-0.4, -0.2) is 18.3 Å². The fraction of sp³-hybridized carbons (Fsp3) is 1.00. The van der Waals surface area contributed by atoms with Crippen molar-refractivity contribution in [1.29, 1.82) is 0 Å². The zero-order chi connectivity index (χ0) is 8.58. The lowest BCUT2D eigenvalue weighted by Crippen LogP contribution is -2.41. The van der Waals surface area contributed by atoms with Crippen LogP contribution in [0.5, 0.6) is 0 Å². The highest BCUT2D eigenvalue weighted by Gasteiger charge is 2.30. The maximum Gasteiger partial charge on any atom is 0.281 e. The molecule has 0 aliphatic rings. The third-order valence-electron chi connectivity index (χ3n) is 1.17. The summed E-state index contributed by atoms with van der Waals surface area (Å²) in [5, 5.41) is -1.21. The minimum absolute atomic E-state index is 0.617. The zero-order valence-corrected chi connectivity index (χ0v) is 7.14. The molecule has 0 saturated carbocycles. The van der Waals surface area contributed by atoms with E-state index < -0.39 is 20.9 Å². The highest BCUT2D eigenvalue weighted by atomic mass is 32.2. The molecule has 10 heavy (non-hydrogen) atoms. The fourth-order valence-corrected chi connectivity index (χ4v) is 1.34. The van der Waals surface area contributed by atoms with Crippen LogP contribution < -0.4 is 5.73 Å². The van der Waals surface area contributed by atoms with Crippen molar-refractivity contribution < 1.29 is 13.0 Å². The molecule has 0 rings (SSSR count). The lowest BCUT2D eigenvalue weighted by molar-refractivity contribution is 0.355. The highest BCUT2D eigenvalue weighted by Crippen LogP contribution is 2.20. The van der Waals surface area contributed by atoms with Crippen LogP contribution in [0.15, 0.2) is 0 Å². The third kappa shape index (κ3) is 2.64. The summed E-state index contributed by atoms with van der Waals surface area (Å²) in [6.07, 6.45) is 0. The predicted molar refractivity (Wildman–Crippen MR) is 39.0 cm³/mol. The van der Waals surface area contributed by atoms with Gasteiger partial charge in [0.15, 0.2) is 0 Å². The van der Waals surface area contributed by atoms with Crippen LogP contribution >= 0.6 is 0 Å². The van der Waals surface area contributed by atoms with Gasteiger partial charge < -0.3 is 5.73 Å². The predicted octanol–water partition coefficient (Wildman–Crippen LogP) is 0.205. The van der Waals surface area contributed by atoms with Crippen molar-refractivity contribution in [3.05, 3.63) is 0 Å². The normalized spacial score (nSPS) is 16.9. The monoisotopic (exact) mass is 167 g/mol. The minimum Gasteiger partial charge on any atom is -0.313 e. The van der Waals surface area contributed by atoms with Crippen LogP contribution in [0.1, 0.15) is 20.8 Å². The molecule has 3 N–H and O–H groups in total. The Kier molecular flexibility index (Phi) is 2.45. The summed E-state index contributed by atoms with van der Waals surface area (Å²) >= 11 is 0. The Labute approximate surface area is 61.2 Å². The van der Waals surface area contributed by atoms with E-state index in [1.807, 2.05) is 0 Å². The Morgan fingerprint density at radius 3 is 1.70 bits per heavy atom. The summed E-state index contributed by atoms with van der Waals surface area (Å²) < 4.78 is 29.3. The van der Waals surface area contributed by atoms with Crippen molar-refractivity contribution in [2.45, 2.75) is 26.1 Å². The summed E-state index contributed by atoms with van der Waals surface area (Å²) in [5.74, 6) is 0. The molecule has 0 spiro atoms. The van der Waals surface area contributed by atoms with E-state index in [9.17, 15) is 8.42 Å². The molecule has 0 aliphatic heterocycles. The molecular weight excluding hydrogens is 154 g/mol. The van der Waals surface area contributed by atoms with Crippen LogP contribution in [0.4, 0.5) is 0 Å². The molecule has 0 aliphatic carbocycles. The van der Waals surface area contributed by atoms with Gasteiger partial charge in [-0.2, -0.15) is 8.42 Å². The van der Waals surface area contributed by atoms with Gasteiger partial charge in [0.05, 0.1) is 0 Å². The van der Waals surface area contributed by atoms with E-state index in [0.29, 0.717) is 0 Å². The van der Waals surface area contributed by atoms with E-state index in [1.165, 1.54) is 0 Å². The summed E-state index contributed by atoms with van der Waals surface area (Å²) in [4.78, 5) is 0. The van der Waals surface area contributed by atoms with Crippen molar-refractivity contribution in [2.75, 3.05) is 0 Å². The summed E-state index contributed by atoms with van der Waals surface area (Å²) in [7, 11) is -4.08. The van der Waals surface area contributed by atoms with Crippen molar-refractivity contribution in [2.24, 2.45) is 11.1 Å². The van der Waals surface area contributed by atoms with E-state index in [4.69, 9.17) is 10.3 Å². The van der Waals surface area contributed by atoms with Crippen LogP contribution in [-0.2, 0) is 10.1 Å². The molecule has 0 radical (unpaired) electrons. The van der Waals surface area contributed by atoms with Crippen molar-refractivity contribution in [3.63, 3.8) is 0 Å². The number of nitrogens with two attached hydrogens (primary N) is 1. The first-order valence-electron chi connectivity index (χ1n) is 2.87. The molecule has 0 heterocycles. The molecular formula is C5H13NO3S. The van der Waals surface area contributed by atoms with Gasteiger partial charge in [0.2, 0.25) is 0 Å². The molecule has 5 heteroatoms. The van der Waals surface area contributed by atoms with Gasteiger partial charge in [-0.05, 0) is 5.41 Å². The second-order valence-corrected chi connectivity index (χ2v) is 4.84. The maximum absolute atomic E-state index is 10.4. The first-order valence-corrected chi connectivity index (χ1v) is 4.38.